The fourth-order valence-corrected chi connectivity index (χ4v) is 5.24. The van der Waals surface area contributed by atoms with Gasteiger partial charge in [0.05, 0.1) is 4.90 Å². The predicted octanol–water partition coefficient (Wildman–Crippen LogP) is 5.82. The lowest BCUT2D eigenvalue weighted by atomic mass is 10.2. The number of aryl methyl sites for hydroxylation is 2. The molecule has 1 heterocycles. The van der Waals surface area contributed by atoms with Crippen LogP contribution in [0.4, 0.5) is 5.69 Å². The first-order chi connectivity index (χ1) is 17.6. The van der Waals surface area contributed by atoms with Gasteiger partial charge >= 0.3 is 5.97 Å². The first kappa shape index (κ1) is 28.0. The van der Waals surface area contributed by atoms with Crippen molar-refractivity contribution in [2.24, 2.45) is 0 Å². The van der Waals surface area contributed by atoms with Gasteiger partial charge in [-0.05, 0) is 50.1 Å². The summed E-state index contributed by atoms with van der Waals surface area (Å²) in [5, 5.41) is 13.3. The number of aliphatic carboxylic acids is 1. The highest BCUT2D eigenvalue weighted by atomic mass is 32.2. The average Bonchev–Trinajstić information content (AvgIpc) is 3.23. The monoisotopic (exact) mass is 538 g/mol. The van der Waals surface area contributed by atoms with Crippen molar-refractivity contribution in [2.45, 2.75) is 44.0 Å². The van der Waals surface area contributed by atoms with Crippen LogP contribution in [0.5, 0.6) is 0 Å². The molecule has 0 aliphatic heterocycles. The second-order valence-corrected chi connectivity index (χ2v) is 10.9. The average molecular weight is 539 g/mol. The minimum Gasteiger partial charge on any atom is -0.744 e. The van der Waals surface area contributed by atoms with Crippen LogP contribution in [0.25, 0.3) is 15.9 Å². The number of para-hydroxylation sites is 2. The molecule has 9 heteroatoms. The number of rotatable bonds is 10. The second-order valence-electron chi connectivity index (χ2n) is 8.47. The molecule has 1 aromatic heterocycles. The van der Waals surface area contributed by atoms with Crippen LogP contribution in [0.3, 0.4) is 0 Å². The zero-order valence-corrected chi connectivity index (χ0v) is 22.2. The fourth-order valence-electron chi connectivity index (χ4n) is 3.66. The van der Waals surface area contributed by atoms with E-state index in [0.29, 0.717) is 0 Å². The fraction of sp³-hybridized carbons (Fsp3) is 0.214. The minimum atomic E-state index is -4.27. The van der Waals surface area contributed by atoms with E-state index in [-0.39, 0.29) is 11.3 Å². The highest BCUT2D eigenvalue weighted by molar-refractivity contribution is 7.85. The van der Waals surface area contributed by atoms with Gasteiger partial charge < -0.3 is 15.0 Å². The third-order valence-corrected chi connectivity index (χ3v) is 7.59. The maximum absolute atomic E-state index is 10.7. The Morgan fingerprint density at radius 3 is 2.27 bits per heavy atom. The normalized spacial score (nSPS) is 11.0. The number of hydrogen-bond donors (Lipinski definition) is 2. The van der Waals surface area contributed by atoms with Crippen LogP contribution in [0.2, 0.25) is 0 Å². The third-order valence-electron chi connectivity index (χ3n) is 5.52. The summed E-state index contributed by atoms with van der Waals surface area (Å²) in [4.78, 5) is 10.5. The number of nitrogens with one attached hydrogen (secondary N) is 1. The van der Waals surface area contributed by atoms with Gasteiger partial charge in [-0.2, -0.15) is 4.57 Å². The number of thiazole rings is 1. The number of benzene rings is 3. The highest BCUT2D eigenvalue weighted by Gasteiger charge is 2.22. The number of aromatic nitrogens is 1. The minimum absolute atomic E-state index is 0.178. The number of carboxylic acids is 1. The summed E-state index contributed by atoms with van der Waals surface area (Å²) in [6.07, 6.45) is 2.81. The van der Waals surface area contributed by atoms with E-state index in [0.717, 1.165) is 47.8 Å². The Bertz CT molecular complexity index is 1450. The Hall–Kier alpha value is -3.53. The molecule has 37 heavy (non-hydrogen) atoms. The van der Waals surface area contributed by atoms with Crippen molar-refractivity contribution < 1.29 is 27.4 Å². The van der Waals surface area contributed by atoms with E-state index in [4.69, 9.17) is 5.11 Å². The van der Waals surface area contributed by atoms with Gasteiger partial charge in [-0.15, -0.1) is 0 Å². The molecule has 0 amide bonds. The summed E-state index contributed by atoms with van der Waals surface area (Å²) in [5.74, 6) is -0.722. The van der Waals surface area contributed by atoms with Crippen LogP contribution in [-0.4, -0.2) is 24.0 Å². The number of carboxylic acid groups (broad SMARTS) is 1. The van der Waals surface area contributed by atoms with E-state index in [2.05, 4.69) is 28.6 Å². The lowest BCUT2D eigenvalue weighted by Crippen LogP contribution is -2.36. The van der Waals surface area contributed by atoms with Crippen molar-refractivity contribution >= 4 is 49.0 Å². The van der Waals surface area contributed by atoms with Crippen LogP contribution in [0, 0.1) is 6.92 Å². The molecule has 7 nitrogen and oxygen atoms in total. The number of nitrogens with zero attached hydrogens (tertiary/aromatic N) is 1. The van der Waals surface area contributed by atoms with Gasteiger partial charge in [0.2, 0.25) is 5.52 Å². The quantitative estimate of drug-likeness (QED) is 0.150. The number of anilines is 1. The lowest BCUT2D eigenvalue weighted by Gasteiger charge is -2.06. The summed E-state index contributed by atoms with van der Waals surface area (Å²) in [6, 6.07) is 24.2. The van der Waals surface area contributed by atoms with Crippen LogP contribution >= 0.6 is 11.3 Å². The van der Waals surface area contributed by atoms with Gasteiger partial charge in [0, 0.05) is 24.6 Å². The smallest absolute Gasteiger partial charge is 0.303 e. The molecule has 0 radical (unpaired) electrons. The second kappa shape index (κ2) is 13.1. The zero-order chi connectivity index (χ0) is 26.8. The number of fused-ring (bicyclic) bond motifs is 1. The molecule has 0 aliphatic carbocycles. The first-order valence-corrected chi connectivity index (χ1v) is 14.0. The SMILES string of the molecule is C=C(Nc1ccccc1)c1sc2ccccc2[n+]1CCCCCC(=O)O.Cc1ccc(S(=O)(=O)[O-])cc1. The topological polar surface area (TPSA) is 110 Å². The molecular formula is C28H30N2O5S2. The molecule has 0 saturated heterocycles. The molecule has 4 aromatic rings. The molecule has 0 atom stereocenters. The summed E-state index contributed by atoms with van der Waals surface area (Å²) >= 11 is 1.73. The standard InChI is InChI=1S/C21H22N2O2S.C7H8O3S/c1-16(22-17-10-4-2-5-11-17)21-23(15-9-3-6-14-20(24)25)18-12-7-8-13-19(18)26-21;1-6-2-4-7(5-3-6)11(8,9)10/h2,4-5,7-8,10-13,22H,1,3,6,9,14-15H2;2-5H,1H3,(H,8,9,10). The predicted molar refractivity (Wildman–Crippen MR) is 146 cm³/mol. The molecule has 0 spiro atoms. The molecule has 0 unspecified atom stereocenters. The Morgan fingerprint density at radius 1 is 0.973 bits per heavy atom. The van der Waals surface area contributed by atoms with E-state index >= 15 is 0 Å². The van der Waals surface area contributed by atoms with Crippen LogP contribution in [0.15, 0.2) is 90.3 Å². The molecule has 194 valence electrons. The molecule has 4 rings (SSSR count). The van der Waals surface area contributed by atoms with Gasteiger partial charge in [-0.1, -0.05) is 65.9 Å². The zero-order valence-electron chi connectivity index (χ0n) is 20.6. The van der Waals surface area contributed by atoms with E-state index in [1.807, 2.05) is 49.4 Å². The van der Waals surface area contributed by atoms with Crippen molar-refractivity contribution in [3.63, 3.8) is 0 Å². The summed E-state index contributed by atoms with van der Waals surface area (Å²) in [6.45, 7) is 6.92. The van der Waals surface area contributed by atoms with Crippen molar-refractivity contribution in [3.8, 4) is 0 Å². The lowest BCUT2D eigenvalue weighted by molar-refractivity contribution is -0.669. The van der Waals surface area contributed by atoms with Crippen LogP contribution in [-0.2, 0) is 21.5 Å². The van der Waals surface area contributed by atoms with Gasteiger partial charge in [0.25, 0.3) is 5.01 Å². The Kier molecular flexibility index (Phi) is 9.96. The van der Waals surface area contributed by atoms with Crippen molar-refractivity contribution in [3.05, 3.63) is 96.0 Å². The van der Waals surface area contributed by atoms with Gasteiger partial charge in [-0.3, -0.25) is 4.79 Å². The summed E-state index contributed by atoms with van der Waals surface area (Å²) in [5.41, 5.74) is 4.02. The number of carbonyl (C=O) groups is 1. The van der Waals surface area contributed by atoms with E-state index in [9.17, 15) is 17.8 Å². The molecular weight excluding hydrogens is 508 g/mol. The summed E-state index contributed by atoms with van der Waals surface area (Å²) in [7, 11) is -4.27. The first-order valence-electron chi connectivity index (χ1n) is 11.8. The number of unbranched alkanes of at least 4 members (excludes halogenated alkanes) is 2. The molecule has 0 bridgehead atoms. The van der Waals surface area contributed by atoms with Gasteiger partial charge in [0.15, 0.2) is 6.54 Å². The Labute approximate surface area is 221 Å². The maximum atomic E-state index is 10.7. The largest absolute Gasteiger partial charge is 0.744 e. The van der Waals surface area contributed by atoms with E-state index in [1.165, 1.54) is 22.3 Å². The maximum Gasteiger partial charge on any atom is 0.303 e. The van der Waals surface area contributed by atoms with E-state index < -0.39 is 16.1 Å². The van der Waals surface area contributed by atoms with Crippen LogP contribution < -0.4 is 9.88 Å². The Morgan fingerprint density at radius 2 is 1.62 bits per heavy atom. The molecule has 0 aliphatic rings. The van der Waals surface area contributed by atoms with E-state index in [1.54, 1.807) is 23.5 Å². The van der Waals surface area contributed by atoms with Crippen molar-refractivity contribution in [1.29, 1.82) is 0 Å². The van der Waals surface area contributed by atoms with Gasteiger partial charge in [-0.25, -0.2) is 8.42 Å². The van der Waals surface area contributed by atoms with Crippen molar-refractivity contribution in [2.75, 3.05) is 5.32 Å². The Balaban J connectivity index is 0.000000289. The molecule has 3 aromatic carbocycles. The van der Waals surface area contributed by atoms with Crippen LogP contribution in [0.1, 0.15) is 36.3 Å². The third kappa shape index (κ3) is 8.52. The summed E-state index contributed by atoms with van der Waals surface area (Å²) < 4.78 is 34.7. The highest BCUT2D eigenvalue weighted by Crippen LogP contribution is 2.26. The van der Waals surface area contributed by atoms with Crippen molar-refractivity contribution in [1.82, 2.24) is 0 Å². The van der Waals surface area contributed by atoms with Gasteiger partial charge in [0.1, 0.15) is 20.5 Å². The number of hydrogen-bond acceptors (Lipinski definition) is 6. The molecule has 2 N–H and O–H groups in total. The molecule has 0 saturated carbocycles. The molecule has 0 fully saturated rings.